The summed E-state index contributed by atoms with van der Waals surface area (Å²) in [7, 11) is 0. The first-order chi connectivity index (χ1) is 14.0. The zero-order valence-corrected chi connectivity index (χ0v) is 16.5. The highest BCUT2D eigenvalue weighted by Crippen LogP contribution is 2.23. The first-order valence-corrected chi connectivity index (χ1v) is 10.1. The summed E-state index contributed by atoms with van der Waals surface area (Å²) in [5.74, 6) is 0.0190. The van der Waals surface area contributed by atoms with Gasteiger partial charge >= 0.3 is 0 Å². The number of nitrogens with zero attached hydrogens (tertiary/aromatic N) is 3. The Bertz CT molecular complexity index is 1110. The maximum absolute atomic E-state index is 13.3. The third-order valence-electron chi connectivity index (χ3n) is 5.72. The van der Waals surface area contributed by atoms with Gasteiger partial charge in [0, 0.05) is 24.5 Å². The van der Waals surface area contributed by atoms with Crippen molar-refractivity contribution in [3.05, 3.63) is 75.8 Å². The van der Waals surface area contributed by atoms with Gasteiger partial charge in [-0.3, -0.25) is 14.0 Å². The molecular formula is C23H25N3O3. The Labute approximate surface area is 169 Å². The van der Waals surface area contributed by atoms with E-state index in [1.165, 1.54) is 10.6 Å². The van der Waals surface area contributed by atoms with Crippen molar-refractivity contribution in [2.75, 3.05) is 6.54 Å². The summed E-state index contributed by atoms with van der Waals surface area (Å²) in [4.78, 5) is 32.5. The maximum Gasteiger partial charge on any atom is 0.270 e. The van der Waals surface area contributed by atoms with Gasteiger partial charge < -0.3 is 10.0 Å². The molecule has 1 aliphatic rings. The van der Waals surface area contributed by atoms with Gasteiger partial charge in [-0.1, -0.05) is 18.2 Å². The average Bonchev–Trinajstić information content (AvgIpc) is 2.72. The van der Waals surface area contributed by atoms with Gasteiger partial charge in [-0.15, -0.1) is 0 Å². The van der Waals surface area contributed by atoms with E-state index < -0.39 is 0 Å². The van der Waals surface area contributed by atoms with Crippen molar-refractivity contribution in [3.8, 4) is 5.75 Å². The number of aromatic nitrogens is 2. The number of likely N-dealkylation sites (tertiary alicyclic amines) is 1. The quantitative estimate of drug-likeness (QED) is 0.740. The van der Waals surface area contributed by atoms with Crippen LogP contribution >= 0.6 is 0 Å². The van der Waals surface area contributed by atoms with Crippen LogP contribution in [0.1, 0.15) is 47.3 Å². The van der Waals surface area contributed by atoms with Crippen LogP contribution in [0.4, 0.5) is 0 Å². The molecule has 0 bridgehead atoms. The molecule has 4 rings (SSSR count). The number of phenols is 1. The molecular weight excluding hydrogens is 366 g/mol. The Balaban J connectivity index is 1.59. The molecule has 1 N–H and O–H groups in total. The third-order valence-corrected chi connectivity index (χ3v) is 5.72. The van der Waals surface area contributed by atoms with E-state index in [2.05, 4.69) is 4.98 Å². The summed E-state index contributed by atoms with van der Waals surface area (Å²) < 4.78 is 1.50. The average molecular weight is 391 g/mol. The summed E-state index contributed by atoms with van der Waals surface area (Å²) in [6.45, 7) is 2.49. The molecule has 0 spiro atoms. The molecule has 1 aliphatic heterocycles. The number of piperidine rings is 1. The highest BCUT2D eigenvalue weighted by atomic mass is 16.3. The second-order valence-corrected chi connectivity index (χ2v) is 7.69. The lowest BCUT2D eigenvalue weighted by Crippen LogP contribution is -2.46. The highest BCUT2D eigenvalue weighted by Gasteiger charge is 2.29. The minimum Gasteiger partial charge on any atom is -0.508 e. The molecule has 0 radical (unpaired) electrons. The number of phenolic OH excluding ortho intramolecular Hbond substituents is 1. The number of pyridine rings is 1. The van der Waals surface area contributed by atoms with Crippen LogP contribution in [0.3, 0.4) is 0 Å². The topological polar surface area (TPSA) is 74.9 Å². The number of hydrogen-bond acceptors (Lipinski definition) is 4. The predicted molar refractivity (Wildman–Crippen MR) is 111 cm³/mol. The zero-order valence-electron chi connectivity index (χ0n) is 16.5. The fourth-order valence-corrected chi connectivity index (χ4v) is 4.19. The molecule has 1 unspecified atom stereocenters. The Morgan fingerprint density at radius 2 is 2.03 bits per heavy atom. The van der Waals surface area contributed by atoms with Crippen LogP contribution in [0.25, 0.3) is 5.65 Å². The Morgan fingerprint density at radius 3 is 2.86 bits per heavy atom. The Kier molecular flexibility index (Phi) is 5.34. The summed E-state index contributed by atoms with van der Waals surface area (Å²) in [6.07, 6.45) is 5.93. The molecule has 1 saturated heterocycles. The molecule has 6 heteroatoms. The van der Waals surface area contributed by atoms with Gasteiger partial charge in [0.15, 0.2) is 0 Å². The number of rotatable bonds is 4. The summed E-state index contributed by atoms with van der Waals surface area (Å²) in [5.41, 5.74) is 2.17. The van der Waals surface area contributed by atoms with Gasteiger partial charge in [-0.05, 0) is 68.9 Å². The van der Waals surface area contributed by atoms with E-state index in [0.29, 0.717) is 12.2 Å². The van der Waals surface area contributed by atoms with E-state index in [9.17, 15) is 14.7 Å². The number of amides is 1. The third kappa shape index (κ3) is 3.88. The standard InChI is InChI=1S/C23H25N3O3/c1-16-6-4-10-21-24-15-20(23(29)26(16)21)22(28)25-13-3-2-8-18(25)12-11-17-7-5-9-19(27)14-17/h4-7,9-10,14-15,18,27H,2-3,8,11-13H2,1H3. The molecule has 1 aromatic carbocycles. The van der Waals surface area contributed by atoms with Crippen molar-refractivity contribution in [1.29, 1.82) is 0 Å². The monoisotopic (exact) mass is 391 g/mol. The first kappa shape index (κ1) is 19.2. The van der Waals surface area contributed by atoms with Gasteiger partial charge in [0.25, 0.3) is 11.5 Å². The molecule has 3 aromatic rings. The highest BCUT2D eigenvalue weighted by molar-refractivity contribution is 5.94. The van der Waals surface area contributed by atoms with Crippen molar-refractivity contribution < 1.29 is 9.90 Å². The van der Waals surface area contributed by atoms with E-state index in [0.717, 1.165) is 43.4 Å². The van der Waals surface area contributed by atoms with E-state index in [4.69, 9.17) is 0 Å². The van der Waals surface area contributed by atoms with Crippen LogP contribution in [-0.4, -0.2) is 37.9 Å². The Hall–Kier alpha value is -3.15. The van der Waals surface area contributed by atoms with Gasteiger partial charge in [0.2, 0.25) is 0 Å². The van der Waals surface area contributed by atoms with E-state index >= 15 is 0 Å². The zero-order chi connectivity index (χ0) is 20.4. The number of fused-ring (bicyclic) bond motifs is 1. The number of aryl methyl sites for hydroxylation is 2. The minimum absolute atomic E-state index is 0.0792. The predicted octanol–water partition coefficient (Wildman–Crippen LogP) is 3.34. The lowest BCUT2D eigenvalue weighted by atomic mass is 9.95. The molecule has 3 heterocycles. The van der Waals surface area contributed by atoms with Gasteiger partial charge in [-0.2, -0.15) is 0 Å². The van der Waals surface area contributed by atoms with Crippen LogP contribution < -0.4 is 5.56 Å². The number of hydrogen-bond donors (Lipinski definition) is 1. The summed E-state index contributed by atoms with van der Waals surface area (Å²) in [5, 5.41) is 9.67. The molecule has 29 heavy (non-hydrogen) atoms. The minimum atomic E-state index is -0.310. The molecule has 1 amide bonds. The lowest BCUT2D eigenvalue weighted by molar-refractivity contribution is 0.0599. The van der Waals surface area contributed by atoms with Gasteiger partial charge in [-0.25, -0.2) is 4.98 Å². The smallest absolute Gasteiger partial charge is 0.270 e. The van der Waals surface area contributed by atoms with E-state index in [1.54, 1.807) is 18.2 Å². The van der Waals surface area contributed by atoms with E-state index in [-0.39, 0.29) is 28.8 Å². The number of carbonyl (C=O) groups is 1. The fourth-order valence-electron chi connectivity index (χ4n) is 4.19. The molecule has 1 atom stereocenters. The van der Waals surface area contributed by atoms with Crippen molar-refractivity contribution in [2.24, 2.45) is 0 Å². The normalized spacial score (nSPS) is 16.9. The second kappa shape index (κ2) is 8.07. The molecule has 0 saturated carbocycles. The number of carbonyl (C=O) groups excluding carboxylic acids is 1. The van der Waals surface area contributed by atoms with Crippen LogP contribution in [0.2, 0.25) is 0 Å². The second-order valence-electron chi connectivity index (χ2n) is 7.69. The fraction of sp³-hybridized carbons (Fsp3) is 0.348. The summed E-state index contributed by atoms with van der Waals surface area (Å²) in [6, 6.07) is 12.8. The Morgan fingerprint density at radius 1 is 1.21 bits per heavy atom. The van der Waals surface area contributed by atoms with Crippen LogP contribution in [0, 0.1) is 6.92 Å². The molecule has 150 valence electrons. The van der Waals surface area contributed by atoms with Crippen LogP contribution in [0.15, 0.2) is 53.5 Å². The molecule has 1 fully saturated rings. The van der Waals surface area contributed by atoms with Crippen molar-refractivity contribution in [1.82, 2.24) is 14.3 Å². The lowest BCUT2D eigenvalue weighted by Gasteiger charge is -2.36. The largest absolute Gasteiger partial charge is 0.508 e. The van der Waals surface area contributed by atoms with Gasteiger partial charge in [0.05, 0.1) is 0 Å². The van der Waals surface area contributed by atoms with E-state index in [1.807, 2.05) is 36.1 Å². The molecule has 0 aliphatic carbocycles. The molecule has 2 aromatic heterocycles. The van der Waals surface area contributed by atoms with Crippen molar-refractivity contribution >= 4 is 11.6 Å². The van der Waals surface area contributed by atoms with Crippen LogP contribution in [-0.2, 0) is 6.42 Å². The van der Waals surface area contributed by atoms with Crippen molar-refractivity contribution in [3.63, 3.8) is 0 Å². The molecule has 6 nitrogen and oxygen atoms in total. The maximum atomic E-state index is 13.3. The SMILES string of the molecule is Cc1cccc2ncc(C(=O)N3CCCCC3CCc3cccc(O)c3)c(=O)n12. The summed E-state index contributed by atoms with van der Waals surface area (Å²) >= 11 is 0. The first-order valence-electron chi connectivity index (χ1n) is 10.1. The van der Waals surface area contributed by atoms with Crippen molar-refractivity contribution in [2.45, 2.75) is 45.1 Å². The number of aromatic hydroxyl groups is 1. The van der Waals surface area contributed by atoms with Crippen LogP contribution in [0.5, 0.6) is 5.75 Å². The van der Waals surface area contributed by atoms with Gasteiger partial charge in [0.1, 0.15) is 17.0 Å². The number of benzene rings is 1.